The average molecular weight is 386 g/mol. The fraction of sp³-hybridized carbons (Fsp3) is 0.250. The van der Waals surface area contributed by atoms with Gasteiger partial charge in [0.25, 0.3) is 0 Å². The minimum atomic E-state index is 0.225. The minimum absolute atomic E-state index is 0.225. The highest BCUT2D eigenvalue weighted by molar-refractivity contribution is 14.1. The van der Waals surface area contributed by atoms with Crippen molar-refractivity contribution in [3.63, 3.8) is 0 Å². The van der Waals surface area contributed by atoms with Gasteiger partial charge in [-0.25, -0.2) is 0 Å². The minimum Gasteiger partial charge on any atom is -0.304 e. The molecule has 0 aromatic heterocycles. The number of halogens is 2. The van der Waals surface area contributed by atoms with Gasteiger partial charge < -0.3 is 5.32 Å². The quantitative estimate of drug-likeness (QED) is 0.699. The Morgan fingerprint density at radius 3 is 2.21 bits per heavy atom. The highest BCUT2D eigenvalue weighted by Crippen LogP contribution is 2.25. The number of hydrogen-bond donors (Lipinski definition) is 1. The maximum atomic E-state index is 6.23. The van der Waals surface area contributed by atoms with E-state index < -0.39 is 0 Å². The van der Waals surface area contributed by atoms with Gasteiger partial charge in [-0.15, -0.1) is 0 Å². The molecule has 3 heteroatoms. The molecule has 2 aromatic carbocycles. The third-order valence-corrected chi connectivity index (χ3v) is 4.31. The van der Waals surface area contributed by atoms with Crippen molar-refractivity contribution in [2.45, 2.75) is 25.9 Å². The van der Waals surface area contributed by atoms with E-state index in [1.54, 1.807) is 0 Å². The Morgan fingerprint density at radius 1 is 0.947 bits per heavy atom. The summed E-state index contributed by atoms with van der Waals surface area (Å²) < 4.78 is 1.26. The van der Waals surface area contributed by atoms with E-state index in [-0.39, 0.29) is 6.04 Å². The van der Waals surface area contributed by atoms with Crippen LogP contribution in [0.25, 0.3) is 0 Å². The molecule has 0 heterocycles. The first kappa shape index (κ1) is 14.8. The van der Waals surface area contributed by atoms with Crippen LogP contribution in [0.15, 0.2) is 48.5 Å². The summed E-state index contributed by atoms with van der Waals surface area (Å²) in [5.41, 5.74) is 2.43. The molecular formula is C16H17ClIN. The summed E-state index contributed by atoms with van der Waals surface area (Å²) in [7, 11) is 0. The van der Waals surface area contributed by atoms with E-state index in [9.17, 15) is 0 Å². The lowest BCUT2D eigenvalue weighted by Gasteiger charge is -2.21. The molecule has 0 saturated carbocycles. The van der Waals surface area contributed by atoms with Crippen LogP contribution in [0.2, 0.25) is 5.02 Å². The molecule has 0 aliphatic carbocycles. The Kier molecular flexibility index (Phi) is 5.25. The maximum absolute atomic E-state index is 6.23. The predicted octanol–water partition coefficient (Wildman–Crippen LogP) is 5.36. The smallest absolute Gasteiger partial charge is 0.0453 e. The van der Waals surface area contributed by atoms with Crippen LogP contribution in [0.5, 0.6) is 0 Å². The Labute approximate surface area is 133 Å². The number of nitrogens with one attached hydrogen (secondary N) is 1. The van der Waals surface area contributed by atoms with Gasteiger partial charge in [-0.2, -0.15) is 0 Å². The molecule has 2 aromatic rings. The molecule has 2 rings (SSSR count). The van der Waals surface area contributed by atoms with Gasteiger partial charge in [-0.3, -0.25) is 0 Å². The molecular weight excluding hydrogens is 369 g/mol. The van der Waals surface area contributed by atoms with E-state index in [1.165, 1.54) is 9.13 Å². The maximum Gasteiger partial charge on any atom is 0.0453 e. The highest BCUT2D eigenvalue weighted by atomic mass is 127. The van der Waals surface area contributed by atoms with Crippen molar-refractivity contribution in [1.82, 2.24) is 5.32 Å². The number of rotatable bonds is 4. The molecule has 0 spiro atoms. The van der Waals surface area contributed by atoms with Crippen molar-refractivity contribution < 1.29 is 0 Å². The van der Waals surface area contributed by atoms with Crippen LogP contribution in [0, 0.1) is 3.57 Å². The van der Waals surface area contributed by atoms with Crippen LogP contribution in [-0.2, 0) is 0 Å². The first-order chi connectivity index (χ1) is 9.08. The van der Waals surface area contributed by atoms with Crippen LogP contribution >= 0.6 is 34.2 Å². The highest BCUT2D eigenvalue weighted by Gasteiger charge is 2.13. The lowest BCUT2D eigenvalue weighted by molar-refractivity contribution is 0.495. The lowest BCUT2D eigenvalue weighted by atomic mass is 10.0. The van der Waals surface area contributed by atoms with Crippen molar-refractivity contribution in [3.8, 4) is 0 Å². The summed E-state index contributed by atoms with van der Waals surface area (Å²) in [4.78, 5) is 0. The summed E-state index contributed by atoms with van der Waals surface area (Å²) in [6, 6.07) is 17.1. The second kappa shape index (κ2) is 6.73. The first-order valence-corrected chi connectivity index (χ1v) is 7.79. The second-order valence-electron chi connectivity index (χ2n) is 4.68. The van der Waals surface area contributed by atoms with Gasteiger partial charge in [0.15, 0.2) is 0 Å². The Balaban J connectivity index is 2.08. The molecule has 100 valence electrons. The molecule has 0 radical (unpaired) electrons. The molecule has 0 bridgehead atoms. The van der Waals surface area contributed by atoms with Crippen LogP contribution in [0.3, 0.4) is 0 Å². The number of hydrogen-bond acceptors (Lipinski definition) is 1. The van der Waals surface area contributed by atoms with Crippen LogP contribution in [-0.4, -0.2) is 0 Å². The molecule has 19 heavy (non-hydrogen) atoms. The van der Waals surface area contributed by atoms with E-state index in [0.717, 1.165) is 10.6 Å². The lowest BCUT2D eigenvalue weighted by Crippen LogP contribution is -2.22. The van der Waals surface area contributed by atoms with Gasteiger partial charge in [0.1, 0.15) is 0 Å². The SMILES string of the molecule is CC(NC(C)c1ccccc1Cl)c1ccc(I)cc1. The zero-order chi connectivity index (χ0) is 13.8. The Morgan fingerprint density at radius 2 is 1.58 bits per heavy atom. The summed E-state index contributed by atoms with van der Waals surface area (Å²) in [6.45, 7) is 4.32. The zero-order valence-corrected chi connectivity index (χ0v) is 13.9. The standard InChI is InChI=1S/C16H17ClIN/c1-11(13-7-9-14(18)10-8-13)19-12(2)15-5-3-4-6-16(15)17/h3-12,19H,1-2H3. The van der Waals surface area contributed by atoms with Gasteiger partial charge in [0, 0.05) is 20.7 Å². The summed E-state index contributed by atoms with van der Waals surface area (Å²) in [5.74, 6) is 0. The molecule has 0 aliphatic rings. The fourth-order valence-corrected chi connectivity index (χ4v) is 2.80. The van der Waals surface area contributed by atoms with Crippen molar-refractivity contribution >= 4 is 34.2 Å². The van der Waals surface area contributed by atoms with Crippen LogP contribution < -0.4 is 5.32 Å². The first-order valence-electron chi connectivity index (χ1n) is 6.34. The Bertz CT molecular complexity index is 539. The predicted molar refractivity (Wildman–Crippen MR) is 90.6 cm³/mol. The van der Waals surface area contributed by atoms with Crippen molar-refractivity contribution in [3.05, 3.63) is 68.3 Å². The largest absolute Gasteiger partial charge is 0.304 e. The van der Waals surface area contributed by atoms with E-state index in [0.29, 0.717) is 6.04 Å². The molecule has 1 nitrogen and oxygen atoms in total. The van der Waals surface area contributed by atoms with E-state index in [4.69, 9.17) is 11.6 Å². The molecule has 2 unspecified atom stereocenters. The van der Waals surface area contributed by atoms with Gasteiger partial charge in [0.05, 0.1) is 0 Å². The number of benzene rings is 2. The molecule has 1 N–H and O–H groups in total. The topological polar surface area (TPSA) is 12.0 Å². The molecule has 0 fully saturated rings. The molecule has 0 saturated heterocycles. The van der Waals surface area contributed by atoms with Crippen LogP contribution in [0.4, 0.5) is 0 Å². The van der Waals surface area contributed by atoms with Crippen LogP contribution in [0.1, 0.15) is 37.1 Å². The summed E-state index contributed by atoms with van der Waals surface area (Å²) >= 11 is 8.55. The van der Waals surface area contributed by atoms with E-state index in [1.807, 2.05) is 18.2 Å². The molecule has 2 atom stereocenters. The fourth-order valence-electron chi connectivity index (χ4n) is 2.14. The van der Waals surface area contributed by atoms with Gasteiger partial charge in [-0.1, -0.05) is 41.9 Å². The normalized spacial score (nSPS) is 14.1. The monoisotopic (exact) mass is 385 g/mol. The third kappa shape index (κ3) is 3.94. The second-order valence-corrected chi connectivity index (χ2v) is 6.34. The van der Waals surface area contributed by atoms with Gasteiger partial charge in [-0.05, 0) is 65.8 Å². The van der Waals surface area contributed by atoms with Gasteiger partial charge in [0.2, 0.25) is 0 Å². The average Bonchev–Trinajstić information content (AvgIpc) is 2.39. The third-order valence-electron chi connectivity index (χ3n) is 3.24. The van der Waals surface area contributed by atoms with Crippen molar-refractivity contribution in [2.24, 2.45) is 0 Å². The van der Waals surface area contributed by atoms with E-state index in [2.05, 4.69) is 72.1 Å². The van der Waals surface area contributed by atoms with Crippen molar-refractivity contribution in [1.29, 1.82) is 0 Å². The molecule has 0 aliphatic heterocycles. The Hall–Kier alpha value is -0.580. The van der Waals surface area contributed by atoms with Crippen molar-refractivity contribution in [2.75, 3.05) is 0 Å². The van der Waals surface area contributed by atoms with Gasteiger partial charge >= 0.3 is 0 Å². The molecule has 0 amide bonds. The zero-order valence-electron chi connectivity index (χ0n) is 11.0. The summed E-state index contributed by atoms with van der Waals surface area (Å²) in [6.07, 6.45) is 0. The van der Waals surface area contributed by atoms with E-state index >= 15 is 0 Å². The summed E-state index contributed by atoms with van der Waals surface area (Å²) in [5, 5.41) is 4.40.